The second-order valence-corrected chi connectivity index (χ2v) is 9.56. The van der Waals surface area contributed by atoms with Crippen molar-refractivity contribution in [1.29, 1.82) is 0 Å². The molecule has 1 aliphatic rings. The van der Waals surface area contributed by atoms with E-state index < -0.39 is 0 Å². The maximum absolute atomic E-state index is 4.91. The standard InChI is InChI=1S/C25H25N3S2/c1-29-25-27-23(22-19-14-8-9-15-21(19)30-24(22)28-25)26-16-20(17-10-4-2-5-11-17)18-12-6-3-7-13-18/h2-7,10-13,20H,8-9,14-16H2,1H3,(H,26,27,28). The van der Waals surface area contributed by atoms with Gasteiger partial charge in [-0.05, 0) is 48.6 Å². The van der Waals surface area contributed by atoms with Crippen LogP contribution in [0.1, 0.15) is 40.3 Å². The third kappa shape index (κ3) is 3.84. The van der Waals surface area contributed by atoms with Crippen molar-refractivity contribution in [3.63, 3.8) is 0 Å². The topological polar surface area (TPSA) is 37.8 Å². The number of hydrogen-bond acceptors (Lipinski definition) is 5. The van der Waals surface area contributed by atoms with E-state index in [9.17, 15) is 0 Å². The third-order valence-electron chi connectivity index (χ3n) is 5.85. The molecule has 0 radical (unpaired) electrons. The maximum Gasteiger partial charge on any atom is 0.190 e. The van der Waals surface area contributed by atoms with Gasteiger partial charge in [0.15, 0.2) is 5.16 Å². The Labute approximate surface area is 186 Å². The van der Waals surface area contributed by atoms with Crippen LogP contribution in [0.25, 0.3) is 10.2 Å². The fourth-order valence-corrected chi connectivity index (χ4v) is 6.04. The van der Waals surface area contributed by atoms with Crippen molar-refractivity contribution in [2.24, 2.45) is 0 Å². The van der Waals surface area contributed by atoms with Gasteiger partial charge in [0.2, 0.25) is 0 Å². The van der Waals surface area contributed by atoms with E-state index in [2.05, 4.69) is 72.2 Å². The highest BCUT2D eigenvalue weighted by Crippen LogP contribution is 2.39. The van der Waals surface area contributed by atoms with Crippen molar-refractivity contribution in [1.82, 2.24) is 9.97 Å². The van der Waals surface area contributed by atoms with E-state index in [0.29, 0.717) is 0 Å². The van der Waals surface area contributed by atoms with Crippen molar-refractivity contribution in [3.05, 3.63) is 82.2 Å². The van der Waals surface area contributed by atoms with Crippen LogP contribution >= 0.6 is 23.1 Å². The minimum atomic E-state index is 0.268. The highest BCUT2D eigenvalue weighted by Gasteiger charge is 2.22. The fourth-order valence-electron chi connectivity index (χ4n) is 4.35. The summed E-state index contributed by atoms with van der Waals surface area (Å²) in [5.74, 6) is 1.27. The summed E-state index contributed by atoms with van der Waals surface area (Å²) in [5.41, 5.74) is 4.12. The van der Waals surface area contributed by atoms with E-state index in [4.69, 9.17) is 9.97 Å². The molecule has 0 unspecified atom stereocenters. The largest absolute Gasteiger partial charge is 0.368 e. The van der Waals surface area contributed by atoms with E-state index >= 15 is 0 Å². The van der Waals surface area contributed by atoms with Gasteiger partial charge >= 0.3 is 0 Å². The number of fused-ring (bicyclic) bond motifs is 3. The zero-order valence-corrected chi connectivity index (χ0v) is 18.7. The monoisotopic (exact) mass is 431 g/mol. The molecule has 0 saturated heterocycles. The molecular formula is C25H25N3S2. The molecule has 0 bridgehead atoms. The molecule has 5 rings (SSSR count). The van der Waals surface area contributed by atoms with Gasteiger partial charge in [0, 0.05) is 17.3 Å². The summed E-state index contributed by atoms with van der Waals surface area (Å²) in [6.45, 7) is 0.804. The van der Waals surface area contributed by atoms with E-state index in [0.717, 1.165) is 28.8 Å². The normalized spacial score (nSPS) is 13.5. The average Bonchev–Trinajstić information content (AvgIpc) is 3.19. The Morgan fingerprint density at radius 1 is 0.933 bits per heavy atom. The number of thioether (sulfide) groups is 1. The molecule has 0 fully saturated rings. The van der Waals surface area contributed by atoms with Crippen molar-refractivity contribution < 1.29 is 0 Å². The van der Waals surface area contributed by atoms with E-state index in [1.54, 1.807) is 11.8 Å². The zero-order valence-electron chi connectivity index (χ0n) is 17.1. The number of benzene rings is 2. The van der Waals surface area contributed by atoms with Crippen molar-refractivity contribution in [2.75, 3.05) is 18.1 Å². The molecule has 0 atom stereocenters. The van der Waals surface area contributed by atoms with Gasteiger partial charge in [-0.2, -0.15) is 0 Å². The summed E-state index contributed by atoms with van der Waals surface area (Å²) in [6.07, 6.45) is 6.93. The highest BCUT2D eigenvalue weighted by molar-refractivity contribution is 7.98. The van der Waals surface area contributed by atoms with Crippen molar-refractivity contribution in [2.45, 2.75) is 36.8 Å². The number of thiophene rings is 1. The minimum Gasteiger partial charge on any atom is -0.368 e. The van der Waals surface area contributed by atoms with E-state index in [1.165, 1.54) is 46.2 Å². The van der Waals surface area contributed by atoms with Crippen LogP contribution in [0.15, 0.2) is 65.8 Å². The molecule has 0 spiro atoms. The Kier molecular flexibility index (Phi) is 5.73. The lowest BCUT2D eigenvalue weighted by Crippen LogP contribution is -2.15. The molecule has 1 aliphatic carbocycles. The Balaban J connectivity index is 1.53. The zero-order chi connectivity index (χ0) is 20.3. The Morgan fingerprint density at radius 3 is 2.27 bits per heavy atom. The number of hydrogen-bond donors (Lipinski definition) is 1. The third-order valence-corrected chi connectivity index (χ3v) is 7.59. The molecule has 1 N–H and O–H groups in total. The molecule has 2 aromatic heterocycles. The second-order valence-electron chi connectivity index (χ2n) is 7.70. The predicted molar refractivity (Wildman–Crippen MR) is 129 cm³/mol. The summed E-state index contributed by atoms with van der Waals surface area (Å²) in [4.78, 5) is 12.4. The number of aryl methyl sites for hydroxylation is 2. The Morgan fingerprint density at radius 2 is 1.60 bits per heavy atom. The Hall–Kier alpha value is -2.37. The van der Waals surface area contributed by atoms with Gasteiger partial charge in [0.25, 0.3) is 0 Å². The van der Waals surface area contributed by atoms with Crippen LogP contribution in [-0.2, 0) is 12.8 Å². The van der Waals surface area contributed by atoms with Crippen molar-refractivity contribution in [3.8, 4) is 0 Å². The molecule has 30 heavy (non-hydrogen) atoms. The summed E-state index contributed by atoms with van der Waals surface area (Å²) in [6, 6.07) is 21.5. The first-order chi connectivity index (χ1) is 14.8. The van der Waals surface area contributed by atoms with E-state index in [1.807, 2.05) is 11.3 Å². The van der Waals surface area contributed by atoms with Crippen LogP contribution in [0.3, 0.4) is 0 Å². The van der Waals surface area contributed by atoms with Crippen molar-refractivity contribution >= 4 is 39.1 Å². The van der Waals surface area contributed by atoms with Crippen LogP contribution in [0.4, 0.5) is 5.82 Å². The number of anilines is 1. The van der Waals surface area contributed by atoms with E-state index in [-0.39, 0.29) is 5.92 Å². The van der Waals surface area contributed by atoms with Crippen LogP contribution < -0.4 is 5.32 Å². The summed E-state index contributed by atoms with van der Waals surface area (Å²) < 4.78 is 0. The number of aromatic nitrogens is 2. The first kappa shape index (κ1) is 19.6. The van der Waals surface area contributed by atoms with Gasteiger partial charge in [0.1, 0.15) is 10.6 Å². The second kappa shape index (κ2) is 8.78. The smallest absolute Gasteiger partial charge is 0.190 e. The van der Waals surface area contributed by atoms with Crippen LogP contribution in [0, 0.1) is 0 Å². The number of nitrogens with zero attached hydrogens (tertiary/aromatic N) is 2. The first-order valence-electron chi connectivity index (χ1n) is 10.5. The molecule has 2 aromatic carbocycles. The minimum absolute atomic E-state index is 0.268. The average molecular weight is 432 g/mol. The molecular weight excluding hydrogens is 406 g/mol. The Bertz CT molecular complexity index is 1100. The molecule has 0 amide bonds. The molecule has 4 aromatic rings. The van der Waals surface area contributed by atoms with Crippen LogP contribution in [-0.4, -0.2) is 22.8 Å². The number of rotatable bonds is 6. The lowest BCUT2D eigenvalue weighted by Gasteiger charge is -2.20. The summed E-state index contributed by atoms with van der Waals surface area (Å²) >= 11 is 3.48. The van der Waals surface area contributed by atoms with Gasteiger partial charge in [0.05, 0.1) is 5.39 Å². The lowest BCUT2D eigenvalue weighted by atomic mass is 9.91. The maximum atomic E-state index is 4.91. The van der Waals surface area contributed by atoms with Gasteiger partial charge in [-0.25, -0.2) is 9.97 Å². The molecule has 152 valence electrons. The van der Waals surface area contributed by atoms with Gasteiger partial charge in [-0.15, -0.1) is 11.3 Å². The van der Waals surface area contributed by atoms with Gasteiger partial charge in [-0.3, -0.25) is 0 Å². The highest BCUT2D eigenvalue weighted by atomic mass is 32.2. The van der Waals surface area contributed by atoms with Gasteiger partial charge in [-0.1, -0.05) is 72.4 Å². The van der Waals surface area contributed by atoms with Crippen LogP contribution in [0.2, 0.25) is 0 Å². The first-order valence-corrected chi connectivity index (χ1v) is 12.6. The molecule has 3 nitrogen and oxygen atoms in total. The summed E-state index contributed by atoms with van der Waals surface area (Å²) in [5, 5.41) is 5.84. The predicted octanol–water partition coefficient (Wildman–Crippen LogP) is 6.54. The lowest BCUT2D eigenvalue weighted by molar-refractivity contribution is 0.700. The quantitative estimate of drug-likeness (QED) is 0.278. The van der Waals surface area contributed by atoms with Crippen LogP contribution in [0.5, 0.6) is 0 Å². The molecule has 5 heteroatoms. The fraction of sp³-hybridized carbons (Fsp3) is 0.280. The molecule has 0 saturated carbocycles. The molecule has 0 aliphatic heterocycles. The molecule has 2 heterocycles. The SMILES string of the molecule is CSc1nc(NCC(c2ccccc2)c2ccccc2)c2c3c(sc2n1)CCCC3. The van der Waals surface area contributed by atoms with Gasteiger partial charge < -0.3 is 5.32 Å². The summed E-state index contributed by atoms with van der Waals surface area (Å²) in [7, 11) is 0. The number of nitrogens with one attached hydrogen (secondary N) is 1.